The van der Waals surface area contributed by atoms with Gasteiger partial charge in [0, 0.05) is 19.2 Å². The number of hydrogen-bond acceptors (Lipinski definition) is 6. The summed E-state index contributed by atoms with van der Waals surface area (Å²) < 4.78 is 23.8. The van der Waals surface area contributed by atoms with Crippen LogP contribution in [0.4, 0.5) is 15.8 Å². The van der Waals surface area contributed by atoms with Crippen LogP contribution < -0.4 is 5.32 Å². The normalized spacial score (nSPS) is 17.5. The Balaban J connectivity index is 2.25. The van der Waals surface area contributed by atoms with Crippen molar-refractivity contribution in [2.24, 2.45) is 0 Å². The number of nitrogens with zero attached hydrogens (tertiary/aromatic N) is 1. The van der Waals surface area contributed by atoms with Gasteiger partial charge in [0.05, 0.1) is 23.7 Å². The molecule has 0 bridgehead atoms. The molecule has 0 saturated carbocycles. The molecule has 0 amide bonds. The molecule has 21 heavy (non-hydrogen) atoms. The largest absolute Gasteiger partial charge is 0.465 e. The third-order valence-corrected chi connectivity index (χ3v) is 3.22. The number of nitrogens with one attached hydrogen (secondary N) is 1. The fourth-order valence-electron chi connectivity index (χ4n) is 2.17. The molecule has 7 nitrogen and oxygen atoms in total. The number of methoxy groups -OCH3 is 1. The summed E-state index contributed by atoms with van der Waals surface area (Å²) in [5.41, 5.74) is -0.957. The second-order valence-corrected chi connectivity index (χ2v) is 4.62. The maximum absolute atomic E-state index is 14.0. The third kappa shape index (κ3) is 3.46. The van der Waals surface area contributed by atoms with Crippen LogP contribution in [0.25, 0.3) is 0 Å². The number of hydrogen-bond donors (Lipinski definition) is 1. The van der Waals surface area contributed by atoms with E-state index >= 15 is 0 Å². The zero-order valence-corrected chi connectivity index (χ0v) is 11.4. The number of rotatable bonds is 5. The van der Waals surface area contributed by atoms with Crippen LogP contribution >= 0.6 is 0 Å². The average molecular weight is 298 g/mol. The number of halogens is 1. The molecule has 1 aliphatic rings. The molecule has 1 N–H and O–H groups in total. The van der Waals surface area contributed by atoms with E-state index in [4.69, 9.17) is 4.74 Å². The van der Waals surface area contributed by atoms with Gasteiger partial charge < -0.3 is 14.8 Å². The first-order valence-corrected chi connectivity index (χ1v) is 6.44. The van der Waals surface area contributed by atoms with E-state index in [-0.39, 0.29) is 23.9 Å². The maximum Gasteiger partial charge on any atom is 0.338 e. The monoisotopic (exact) mass is 298 g/mol. The lowest BCUT2D eigenvalue weighted by molar-refractivity contribution is -0.384. The molecular formula is C13H15FN2O5. The van der Waals surface area contributed by atoms with Gasteiger partial charge in [-0.15, -0.1) is 0 Å². The Morgan fingerprint density at radius 1 is 1.62 bits per heavy atom. The zero-order valence-electron chi connectivity index (χ0n) is 11.4. The van der Waals surface area contributed by atoms with Crippen LogP contribution in [0.15, 0.2) is 12.1 Å². The SMILES string of the molecule is COC(=O)c1cc(F)c(NCC2CCCO2)c([N+](=O)[O-])c1. The van der Waals surface area contributed by atoms with Crippen molar-refractivity contribution < 1.29 is 23.6 Å². The third-order valence-electron chi connectivity index (χ3n) is 3.22. The Bertz CT molecular complexity index is 558. The second kappa shape index (κ2) is 6.49. The molecule has 1 saturated heterocycles. The first-order chi connectivity index (χ1) is 10.0. The molecule has 114 valence electrons. The minimum Gasteiger partial charge on any atom is -0.465 e. The summed E-state index contributed by atoms with van der Waals surface area (Å²) in [4.78, 5) is 21.7. The van der Waals surface area contributed by atoms with E-state index in [1.165, 1.54) is 0 Å². The van der Waals surface area contributed by atoms with E-state index in [9.17, 15) is 19.3 Å². The molecule has 1 aromatic carbocycles. The summed E-state index contributed by atoms with van der Waals surface area (Å²) in [7, 11) is 1.12. The average Bonchev–Trinajstić information content (AvgIpc) is 2.97. The first-order valence-electron chi connectivity index (χ1n) is 6.44. The Morgan fingerprint density at radius 2 is 2.38 bits per heavy atom. The summed E-state index contributed by atoms with van der Waals surface area (Å²) in [6.07, 6.45) is 1.64. The van der Waals surface area contributed by atoms with Crippen molar-refractivity contribution in [1.82, 2.24) is 0 Å². The molecule has 1 unspecified atom stereocenters. The molecular weight excluding hydrogens is 283 g/mol. The molecule has 1 heterocycles. The fraction of sp³-hybridized carbons (Fsp3) is 0.462. The Hall–Kier alpha value is -2.22. The number of esters is 1. The van der Waals surface area contributed by atoms with Crippen LogP contribution in [0.5, 0.6) is 0 Å². The van der Waals surface area contributed by atoms with Gasteiger partial charge in [-0.25, -0.2) is 9.18 Å². The second-order valence-electron chi connectivity index (χ2n) is 4.62. The fourth-order valence-corrected chi connectivity index (χ4v) is 2.17. The van der Waals surface area contributed by atoms with Gasteiger partial charge in [-0.3, -0.25) is 10.1 Å². The van der Waals surface area contributed by atoms with Gasteiger partial charge in [-0.1, -0.05) is 0 Å². The number of nitro groups is 1. The first kappa shape index (κ1) is 15.2. The van der Waals surface area contributed by atoms with E-state index in [2.05, 4.69) is 10.1 Å². The van der Waals surface area contributed by atoms with Gasteiger partial charge in [0.2, 0.25) is 0 Å². The molecule has 0 aliphatic carbocycles. The van der Waals surface area contributed by atoms with Gasteiger partial charge in [-0.05, 0) is 18.9 Å². The lowest BCUT2D eigenvalue weighted by atomic mass is 10.1. The number of anilines is 1. The molecule has 1 aliphatic heterocycles. The molecule has 0 aromatic heterocycles. The summed E-state index contributed by atoms with van der Waals surface area (Å²) in [6.45, 7) is 0.910. The van der Waals surface area contributed by atoms with E-state index in [0.717, 1.165) is 32.1 Å². The Labute approximate surface area is 120 Å². The van der Waals surface area contributed by atoms with Crippen LogP contribution in [0.3, 0.4) is 0 Å². The lowest BCUT2D eigenvalue weighted by Crippen LogP contribution is -2.20. The van der Waals surface area contributed by atoms with Gasteiger partial charge in [0.15, 0.2) is 5.82 Å². The van der Waals surface area contributed by atoms with Crippen LogP contribution in [-0.4, -0.2) is 37.3 Å². The minimum absolute atomic E-state index is 0.0933. The minimum atomic E-state index is -0.873. The van der Waals surface area contributed by atoms with Crippen LogP contribution in [0, 0.1) is 15.9 Å². The van der Waals surface area contributed by atoms with Crippen LogP contribution in [-0.2, 0) is 9.47 Å². The van der Waals surface area contributed by atoms with Gasteiger partial charge in [0.25, 0.3) is 5.69 Å². The topological polar surface area (TPSA) is 90.7 Å². The summed E-state index contributed by atoms with van der Waals surface area (Å²) in [5.74, 6) is -1.70. The highest BCUT2D eigenvalue weighted by Gasteiger charge is 2.24. The number of ether oxygens (including phenoxy) is 2. The van der Waals surface area contributed by atoms with E-state index in [1.54, 1.807) is 0 Å². The van der Waals surface area contributed by atoms with Crippen molar-refractivity contribution in [3.05, 3.63) is 33.6 Å². The predicted octanol–water partition coefficient (Wildman–Crippen LogP) is 2.11. The summed E-state index contributed by atoms with van der Waals surface area (Å²) >= 11 is 0. The number of nitro benzene ring substituents is 1. The molecule has 0 spiro atoms. The number of carbonyl (C=O) groups excluding carboxylic acids is 1. The molecule has 8 heteroatoms. The van der Waals surface area contributed by atoms with Crippen molar-refractivity contribution in [2.75, 3.05) is 25.6 Å². The smallest absolute Gasteiger partial charge is 0.338 e. The molecule has 1 aromatic rings. The van der Waals surface area contributed by atoms with Crippen molar-refractivity contribution in [2.45, 2.75) is 18.9 Å². The lowest BCUT2D eigenvalue weighted by Gasteiger charge is -2.13. The standard InChI is InChI=1S/C13H15FN2O5/c1-20-13(17)8-5-10(14)12(11(6-8)16(18)19)15-7-9-3-2-4-21-9/h5-6,9,15H,2-4,7H2,1H3. The zero-order chi connectivity index (χ0) is 15.4. The summed E-state index contributed by atoms with van der Waals surface area (Å²) in [5, 5.41) is 13.7. The molecule has 0 radical (unpaired) electrons. The van der Waals surface area contributed by atoms with E-state index in [1.807, 2.05) is 0 Å². The van der Waals surface area contributed by atoms with Gasteiger partial charge in [-0.2, -0.15) is 0 Å². The predicted molar refractivity (Wildman–Crippen MR) is 71.9 cm³/mol. The molecule has 1 atom stereocenters. The maximum atomic E-state index is 14.0. The van der Waals surface area contributed by atoms with Crippen molar-refractivity contribution in [1.29, 1.82) is 0 Å². The van der Waals surface area contributed by atoms with Crippen molar-refractivity contribution in [3.63, 3.8) is 0 Å². The Morgan fingerprint density at radius 3 is 2.95 bits per heavy atom. The summed E-state index contributed by atoms with van der Waals surface area (Å²) in [6, 6.07) is 1.91. The van der Waals surface area contributed by atoms with Crippen molar-refractivity contribution in [3.8, 4) is 0 Å². The molecule has 2 rings (SSSR count). The quantitative estimate of drug-likeness (QED) is 0.508. The van der Waals surface area contributed by atoms with Crippen LogP contribution in [0.1, 0.15) is 23.2 Å². The van der Waals surface area contributed by atoms with Gasteiger partial charge in [0.1, 0.15) is 5.69 Å². The number of benzene rings is 1. The van der Waals surface area contributed by atoms with E-state index in [0.29, 0.717) is 6.61 Å². The highest BCUT2D eigenvalue weighted by molar-refractivity contribution is 5.91. The van der Waals surface area contributed by atoms with E-state index < -0.39 is 22.4 Å². The Kier molecular flexibility index (Phi) is 4.69. The number of carbonyl (C=O) groups is 1. The van der Waals surface area contributed by atoms with Gasteiger partial charge >= 0.3 is 5.97 Å². The highest BCUT2D eigenvalue weighted by atomic mass is 19.1. The highest BCUT2D eigenvalue weighted by Crippen LogP contribution is 2.30. The van der Waals surface area contributed by atoms with Crippen molar-refractivity contribution >= 4 is 17.3 Å². The van der Waals surface area contributed by atoms with Crippen LogP contribution in [0.2, 0.25) is 0 Å². The molecule has 1 fully saturated rings.